The van der Waals surface area contributed by atoms with Crippen LogP contribution in [0.15, 0.2) is 0 Å². The Morgan fingerprint density at radius 1 is 1.14 bits per heavy atom. The van der Waals surface area contributed by atoms with Crippen molar-refractivity contribution >= 4 is 0 Å². The topological polar surface area (TPSA) is 38.7 Å². The van der Waals surface area contributed by atoms with E-state index < -0.39 is 12.0 Å². The SMILES string of the molecule is OCCCCC1(C(F)(F)F)OCCO1. The molecule has 0 aromatic rings. The van der Waals surface area contributed by atoms with Gasteiger partial charge in [-0.1, -0.05) is 0 Å². The van der Waals surface area contributed by atoms with Crippen molar-refractivity contribution in [2.45, 2.75) is 31.2 Å². The largest absolute Gasteiger partial charge is 0.443 e. The molecule has 0 aromatic carbocycles. The van der Waals surface area contributed by atoms with Crippen LogP contribution in [0.25, 0.3) is 0 Å². The monoisotopic (exact) mass is 214 g/mol. The molecule has 0 amide bonds. The molecule has 0 aromatic heterocycles. The molecule has 1 saturated heterocycles. The molecule has 14 heavy (non-hydrogen) atoms. The molecule has 0 radical (unpaired) electrons. The zero-order valence-corrected chi connectivity index (χ0v) is 7.64. The smallest absolute Gasteiger partial charge is 0.396 e. The van der Waals surface area contributed by atoms with E-state index in [0.717, 1.165) is 0 Å². The second kappa shape index (κ2) is 4.46. The van der Waals surface area contributed by atoms with Gasteiger partial charge >= 0.3 is 6.18 Å². The minimum Gasteiger partial charge on any atom is -0.396 e. The number of unbranched alkanes of at least 4 members (excludes halogenated alkanes) is 1. The van der Waals surface area contributed by atoms with Crippen LogP contribution in [0.4, 0.5) is 13.2 Å². The summed E-state index contributed by atoms with van der Waals surface area (Å²) in [6.07, 6.45) is -4.20. The molecule has 1 heterocycles. The number of ether oxygens (including phenoxy) is 2. The number of hydrogen-bond acceptors (Lipinski definition) is 3. The van der Waals surface area contributed by atoms with E-state index >= 15 is 0 Å². The molecule has 0 aliphatic carbocycles. The Labute approximate surface area is 79.8 Å². The summed E-state index contributed by atoms with van der Waals surface area (Å²) >= 11 is 0. The maximum atomic E-state index is 12.5. The van der Waals surface area contributed by atoms with E-state index in [-0.39, 0.29) is 32.7 Å². The normalized spacial score (nSPS) is 21.4. The van der Waals surface area contributed by atoms with Crippen molar-refractivity contribution in [2.75, 3.05) is 19.8 Å². The predicted octanol–water partition coefficient (Wildman–Crippen LogP) is 1.45. The zero-order chi connectivity index (χ0) is 10.7. The van der Waals surface area contributed by atoms with Crippen LogP contribution in [0.3, 0.4) is 0 Å². The summed E-state index contributed by atoms with van der Waals surface area (Å²) in [6.45, 7) is -0.175. The minimum atomic E-state index is -4.50. The highest BCUT2D eigenvalue weighted by atomic mass is 19.4. The molecule has 0 atom stereocenters. The standard InChI is InChI=1S/C8H13F3O3/c9-8(10,11)7(3-1-2-4-12)13-5-6-14-7/h12H,1-6H2. The van der Waals surface area contributed by atoms with Gasteiger partial charge in [0, 0.05) is 13.0 Å². The second-order valence-corrected chi connectivity index (χ2v) is 3.13. The molecule has 0 saturated carbocycles. The Hall–Kier alpha value is -0.330. The molecular formula is C8H13F3O3. The average molecular weight is 214 g/mol. The predicted molar refractivity (Wildman–Crippen MR) is 41.6 cm³/mol. The summed E-state index contributed by atoms with van der Waals surface area (Å²) < 4.78 is 46.8. The van der Waals surface area contributed by atoms with E-state index in [4.69, 9.17) is 5.11 Å². The third kappa shape index (κ3) is 2.37. The van der Waals surface area contributed by atoms with Crippen molar-refractivity contribution in [1.29, 1.82) is 0 Å². The Balaban J connectivity index is 2.54. The lowest BCUT2D eigenvalue weighted by Crippen LogP contribution is -2.46. The molecule has 3 nitrogen and oxygen atoms in total. The van der Waals surface area contributed by atoms with Gasteiger partial charge in [0.25, 0.3) is 5.79 Å². The summed E-state index contributed by atoms with van der Waals surface area (Å²) in [5.41, 5.74) is 0. The first-order valence-electron chi connectivity index (χ1n) is 4.47. The molecule has 1 fully saturated rings. The van der Waals surface area contributed by atoms with E-state index in [9.17, 15) is 13.2 Å². The van der Waals surface area contributed by atoms with E-state index in [1.807, 2.05) is 0 Å². The molecule has 1 N–H and O–H groups in total. The first kappa shape index (κ1) is 11.7. The van der Waals surface area contributed by atoms with E-state index in [0.29, 0.717) is 6.42 Å². The van der Waals surface area contributed by atoms with Crippen LogP contribution in [0.1, 0.15) is 19.3 Å². The lowest BCUT2D eigenvalue weighted by atomic mass is 10.1. The van der Waals surface area contributed by atoms with E-state index in [1.54, 1.807) is 0 Å². The number of aliphatic hydroxyl groups excluding tert-OH is 1. The van der Waals surface area contributed by atoms with Crippen molar-refractivity contribution in [3.8, 4) is 0 Å². The van der Waals surface area contributed by atoms with Crippen LogP contribution >= 0.6 is 0 Å². The van der Waals surface area contributed by atoms with Crippen molar-refractivity contribution in [3.63, 3.8) is 0 Å². The number of alkyl halides is 3. The van der Waals surface area contributed by atoms with Crippen molar-refractivity contribution in [3.05, 3.63) is 0 Å². The van der Waals surface area contributed by atoms with Gasteiger partial charge in [-0.3, -0.25) is 0 Å². The van der Waals surface area contributed by atoms with Crippen LogP contribution < -0.4 is 0 Å². The second-order valence-electron chi connectivity index (χ2n) is 3.13. The van der Waals surface area contributed by atoms with Gasteiger partial charge in [0.1, 0.15) is 0 Å². The van der Waals surface area contributed by atoms with Crippen molar-refractivity contribution in [2.24, 2.45) is 0 Å². The molecule has 1 aliphatic heterocycles. The molecule has 0 bridgehead atoms. The Morgan fingerprint density at radius 2 is 1.71 bits per heavy atom. The Morgan fingerprint density at radius 3 is 2.14 bits per heavy atom. The maximum absolute atomic E-state index is 12.5. The van der Waals surface area contributed by atoms with Gasteiger partial charge in [-0.15, -0.1) is 0 Å². The number of hydrogen-bond donors (Lipinski definition) is 1. The fourth-order valence-electron chi connectivity index (χ4n) is 1.37. The van der Waals surface area contributed by atoms with Gasteiger partial charge in [0.2, 0.25) is 0 Å². The Bertz CT molecular complexity index is 175. The lowest BCUT2D eigenvalue weighted by Gasteiger charge is -2.29. The van der Waals surface area contributed by atoms with Crippen molar-refractivity contribution < 1.29 is 27.8 Å². The summed E-state index contributed by atoms with van der Waals surface area (Å²) in [5.74, 6) is -2.43. The molecular weight excluding hydrogens is 201 g/mol. The van der Waals surface area contributed by atoms with Gasteiger partial charge in [-0.05, 0) is 12.8 Å². The lowest BCUT2D eigenvalue weighted by molar-refractivity contribution is -0.346. The number of aliphatic hydroxyl groups is 1. The summed E-state index contributed by atoms with van der Waals surface area (Å²) in [7, 11) is 0. The molecule has 1 rings (SSSR count). The molecule has 84 valence electrons. The van der Waals surface area contributed by atoms with Crippen LogP contribution in [-0.2, 0) is 9.47 Å². The average Bonchev–Trinajstić information content (AvgIpc) is 2.53. The molecule has 0 unspecified atom stereocenters. The summed E-state index contributed by atoms with van der Waals surface area (Å²) in [6, 6.07) is 0. The fraction of sp³-hybridized carbons (Fsp3) is 1.00. The van der Waals surface area contributed by atoms with E-state index in [2.05, 4.69) is 9.47 Å². The third-order valence-corrected chi connectivity index (χ3v) is 2.10. The molecule has 6 heteroatoms. The van der Waals surface area contributed by atoms with Crippen LogP contribution in [0.5, 0.6) is 0 Å². The van der Waals surface area contributed by atoms with Gasteiger partial charge in [0.15, 0.2) is 0 Å². The van der Waals surface area contributed by atoms with Crippen molar-refractivity contribution in [1.82, 2.24) is 0 Å². The first-order chi connectivity index (χ1) is 6.52. The van der Waals surface area contributed by atoms with Crippen LogP contribution in [0, 0.1) is 0 Å². The van der Waals surface area contributed by atoms with E-state index in [1.165, 1.54) is 0 Å². The highest BCUT2D eigenvalue weighted by molar-refractivity contribution is 4.82. The third-order valence-electron chi connectivity index (χ3n) is 2.10. The maximum Gasteiger partial charge on any atom is 0.443 e. The highest BCUT2D eigenvalue weighted by Gasteiger charge is 2.59. The molecule has 1 aliphatic rings. The van der Waals surface area contributed by atoms with Gasteiger partial charge in [-0.2, -0.15) is 13.2 Å². The van der Waals surface area contributed by atoms with Gasteiger partial charge in [0.05, 0.1) is 13.2 Å². The Kier molecular flexibility index (Phi) is 3.74. The quantitative estimate of drug-likeness (QED) is 0.720. The van der Waals surface area contributed by atoms with Gasteiger partial charge in [-0.25, -0.2) is 0 Å². The van der Waals surface area contributed by atoms with Gasteiger partial charge < -0.3 is 14.6 Å². The zero-order valence-electron chi connectivity index (χ0n) is 7.64. The first-order valence-corrected chi connectivity index (χ1v) is 4.47. The highest BCUT2D eigenvalue weighted by Crippen LogP contribution is 2.41. The molecule has 0 spiro atoms. The number of halogens is 3. The fourth-order valence-corrected chi connectivity index (χ4v) is 1.37. The minimum absolute atomic E-state index is 0.0291. The summed E-state index contributed by atoms with van der Waals surface area (Å²) in [5, 5.41) is 8.46. The number of rotatable bonds is 4. The summed E-state index contributed by atoms with van der Waals surface area (Å²) in [4.78, 5) is 0. The van der Waals surface area contributed by atoms with Crippen LogP contribution in [0.2, 0.25) is 0 Å². The van der Waals surface area contributed by atoms with Crippen LogP contribution in [-0.4, -0.2) is 36.9 Å².